The van der Waals surface area contributed by atoms with Crippen molar-refractivity contribution in [3.8, 4) is 5.75 Å². The van der Waals surface area contributed by atoms with Gasteiger partial charge in [-0.25, -0.2) is 0 Å². The molecule has 3 amide bonds. The molecule has 4 rings (SSSR count). The fourth-order valence-electron chi connectivity index (χ4n) is 5.75. The van der Waals surface area contributed by atoms with Crippen LogP contribution in [0.1, 0.15) is 50.5 Å². The number of nitrogens with one attached hydrogen (secondary N) is 4. The second kappa shape index (κ2) is 12.9. The first-order valence-electron chi connectivity index (χ1n) is 14.3. The van der Waals surface area contributed by atoms with Crippen molar-refractivity contribution in [2.45, 2.75) is 52.1 Å². The number of ketones is 1. The Morgan fingerprint density at radius 2 is 1.88 bits per heavy atom. The molecule has 0 bridgehead atoms. The summed E-state index contributed by atoms with van der Waals surface area (Å²) < 4.78 is 10.7. The molecule has 2 aromatic rings. The van der Waals surface area contributed by atoms with Crippen LogP contribution in [0.25, 0.3) is 10.9 Å². The molecule has 2 aliphatic heterocycles. The molecular formula is C30H41N5O7. The smallest absolute Gasteiger partial charge is 0.314 e. The Kier molecular flexibility index (Phi) is 9.55. The highest BCUT2D eigenvalue weighted by molar-refractivity contribution is 6.02. The number of carbonyl (C=O) groups excluding carboxylic acids is 5. The van der Waals surface area contributed by atoms with Crippen LogP contribution in [-0.2, 0) is 23.9 Å². The number of aromatic nitrogens is 1. The Hall–Kier alpha value is -3.93. The number of H-pyrrole nitrogens is 1. The van der Waals surface area contributed by atoms with Gasteiger partial charge >= 0.3 is 5.97 Å². The second-order valence-electron chi connectivity index (χ2n) is 12.1. The number of rotatable bonds is 13. The SMILES string of the molecule is COc1cccc2[nH]c(C(=O)N[C@@H](CC(C)C)C(=O)N[C@@H](C[C@@H]3CCNC3=O)C(=O)COC(=O)C3(C)CN(C)C3)cc12. The highest BCUT2D eigenvalue weighted by Gasteiger charge is 2.45. The molecule has 3 heterocycles. The maximum atomic E-state index is 13.6. The second-order valence-corrected chi connectivity index (χ2v) is 12.1. The molecule has 12 heteroatoms. The van der Waals surface area contributed by atoms with E-state index in [9.17, 15) is 24.0 Å². The van der Waals surface area contributed by atoms with E-state index in [2.05, 4.69) is 20.9 Å². The number of methoxy groups -OCH3 is 1. The van der Waals surface area contributed by atoms with E-state index < -0.39 is 53.6 Å². The number of fused-ring (bicyclic) bond motifs is 1. The summed E-state index contributed by atoms with van der Waals surface area (Å²) in [5, 5.41) is 9.03. The van der Waals surface area contributed by atoms with Crippen LogP contribution in [-0.4, -0.2) is 91.8 Å². The number of likely N-dealkylation sites (tertiary alicyclic amines) is 1. The monoisotopic (exact) mass is 583 g/mol. The minimum Gasteiger partial charge on any atom is -0.496 e. The van der Waals surface area contributed by atoms with E-state index in [0.29, 0.717) is 43.7 Å². The molecule has 3 atom stereocenters. The maximum absolute atomic E-state index is 13.6. The number of aromatic amines is 1. The highest BCUT2D eigenvalue weighted by Crippen LogP contribution is 2.30. The average Bonchev–Trinajstić information content (AvgIpc) is 3.55. The van der Waals surface area contributed by atoms with Crippen molar-refractivity contribution in [3.05, 3.63) is 30.0 Å². The first-order chi connectivity index (χ1) is 19.9. The summed E-state index contributed by atoms with van der Waals surface area (Å²) in [6, 6.07) is 5.05. The van der Waals surface area contributed by atoms with Gasteiger partial charge in [0, 0.05) is 36.5 Å². The van der Waals surface area contributed by atoms with Crippen molar-refractivity contribution in [1.29, 1.82) is 0 Å². The van der Waals surface area contributed by atoms with Crippen LogP contribution < -0.4 is 20.7 Å². The van der Waals surface area contributed by atoms with Crippen LogP contribution in [0, 0.1) is 17.3 Å². The van der Waals surface area contributed by atoms with Crippen molar-refractivity contribution < 1.29 is 33.4 Å². The number of nitrogens with zero attached hydrogens (tertiary/aromatic N) is 1. The van der Waals surface area contributed by atoms with Gasteiger partial charge in [-0.05, 0) is 57.4 Å². The fourth-order valence-corrected chi connectivity index (χ4v) is 5.75. The maximum Gasteiger partial charge on any atom is 0.314 e. The van der Waals surface area contributed by atoms with E-state index in [1.807, 2.05) is 31.9 Å². The normalized spacial score (nSPS) is 19.5. The van der Waals surface area contributed by atoms with Gasteiger partial charge < -0.3 is 35.3 Å². The van der Waals surface area contributed by atoms with Crippen molar-refractivity contribution in [1.82, 2.24) is 25.8 Å². The van der Waals surface area contributed by atoms with Gasteiger partial charge in [0.15, 0.2) is 12.4 Å². The predicted molar refractivity (Wildman–Crippen MR) is 155 cm³/mol. The number of benzene rings is 1. The molecule has 2 fully saturated rings. The molecule has 0 aliphatic carbocycles. The highest BCUT2D eigenvalue weighted by atomic mass is 16.5. The summed E-state index contributed by atoms with van der Waals surface area (Å²) in [6.45, 7) is 6.65. The molecule has 0 radical (unpaired) electrons. The lowest BCUT2D eigenvalue weighted by molar-refractivity contribution is -0.166. The Balaban J connectivity index is 1.47. The number of Topliss-reactive ketones (excluding diaryl/α,β-unsaturated/α-hetero) is 1. The Labute approximate surface area is 245 Å². The Bertz CT molecular complexity index is 1350. The standard InChI is InChI=1S/C30H41N5O7/c1-17(2)11-22(34-28(39)23-13-19-20(32-23)7-6-8-25(19)41-5)27(38)33-21(12-18-9-10-31-26(18)37)24(36)14-42-29(40)30(3)15-35(4)16-30/h6-8,13,17-18,21-22,32H,9-12,14-16H2,1-5H3,(H,31,37)(H,33,38)(H,34,39)/t18-,21-,22-/m0/s1. The van der Waals surface area contributed by atoms with Gasteiger partial charge in [0.25, 0.3) is 5.91 Å². The molecule has 42 heavy (non-hydrogen) atoms. The summed E-state index contributed by atoms with van der Waals surface area (Å²) in [6.07, 6.45) is 0.906. The van der Waals surface area contributed by atoms with Gasteiger partial charge in [-0.1, -0.05) is 19.9 Å². The third kappa shape index (κ3) is 7.10. The topological polar surface area (TPSA) is 159 Å². The molecule has 1 aromatic heterocycles. The van der Waals surface area contributed by atoms with Crippen LogP contribution in [0.2, 0.25) is 0 Å². The van der Waals surface area contributed by atoms with Gasteiger partial charge in [-0.2, -0.15) is 0 Å². The number of esters is 1. The molecule has 1 aromatic carbocycles. The summed E-state index contributed by atoms with van der Waals surface area (Å²) in [5.74, 6) is -2.03. The van der Waals surface area contributed by atoms with Crippen LogP contribution in [0.15, 0.2) is 24.3 Å². The van der Waals surface area contributed by atoms with E-state index in [1.54, 1.807) is 32.2 Å². The Morgan fingerprint density at radius 1 is 1.14 bits per heavy atom. The van der Waals surface area contributed by atoms with Crippen LogP contribution in [0.4, 0.5) is 0 Å². The van der Waals surface area contributed by atoms with Crippen molar-refractivity contribution in [2.24, 2.45) is 17.3 Å². The van der Waals surface area contributed by atoms with E-state index in [4.69, 9.17) is 9.47 Å². The summed E-state index contributed by atoms with van der Waals surface area (Å²) in [5.41, 5.74) is 0.286. The lowest BCUT2D eigenvalue weighted by Gasteiger charge is -2.43. The Morgan fingerprint density at radius 3 is 2.50 bits per heavy atom. The molecule has 2 saturated heterocycles. The first kappa shape index (κ1) is 31.0. The number of amides is 3. The molecule has 228 valence electrons. The number of hydrogen-bond donors (Lipinski definition) is 4. The zero-order chi connectivity index (χ0) is 30.6. The van der Waals surface area contributed by atoms with Gasteiger partial charge in [0.2, 0.25) is 11.8 Å². The minimum absolute atomic E-state index is 0.0425. The average molecular weight is 584 g/mol. The first-order valence-corrected chi connectivity index (χ1v) is 14.3. The quantitative estimate of drug-likeness (QED) is 0.258. The van der Waals surface area contributed by atoms with Crippen LogP contribution in [0.3, 0.4) is 0 Å². The molecule has 0 unspecified atom stereocenters. The van der Waals surface area contributed by atoms with E-state index >= 15 is 0 Å². The van der Waals surface area contributed by atoms with Crippen molar-refractivity contribution in [3.63, 3.8) is 0 Å². The molecule has 12 nitrogen and oxygen atoms in total. The number of carbonyl (C=O) groups is 5. The predicted octanol–water partition coefficient (Wildman–Crippen LogP) is 1.40. The largest absolute Gasteiger partial charge is 0.496 e. The van der Waals surface area contributed by atoms with Crippen molar-refractivity contribution >= 4 is 40.4 Å². The van der Waals surface area contributed by atoms with Gasteiger partial charge in [0.1, 0.15) is 17.5 Å². The van der Waals surface area contributed by atoms with Crippen molar-refractivity contribution in [2.75, 3.05) is 40.4 Å². The van der Waals surface area contributed by atoms with E-state index in [1.165, 1.54) is 0 Å². The third-order valence-electron chi connectivity index (χ3n) is 7.88. The summed E-state index contributed by atoms with van der Waals surface area (Å²) >= 11 is 0. The lowest BCUT2D eigenvalue weighted by atomic mass is 9.82. The molecule has 0 spiro atoms. The van der Waals surface area contributed by atoms with Gasteiger partial charge in [-0.15, -0.1) is 0 Å². The molecule has 0 saturated carbocycles. The third-order valence-corrected chi connectivity index (χ3v) is 7.88. The zero-order valence-corrected chi connectivity index (χ0v) is 24.9. The summed E-state index contributed by atoms with van der Waals surface area (Å²) in [4.78, 5) is 70.0. The number of hydrogen-bond acceptors (Lipinski definition) is 8. The number of ether oxygens (including phenoxy) is 2. The molecule has 2 aliphatic rings. The fraction of sp³-hybridized carbons (Fsp3) is 0.567. The van der Waals surface area contributed by atoms with E-state index in [-0.39, 0.29) is 23.9 Å². The van der Waals surface area contributed by atoms with E-state index in [0.717, 1.165) is 5.39 Å². The molecule has 4 N–H and O–H groups in total. The summed E-state index contributed by atoms with van der Waals surface area (Å²) in [7, 11) is 3.43. The lowest BCUT2D eigenvalue weighted by Crippen LogP contribution is -2.58. The molecular weight excluding hydrogens is 542 g/mol. The minimum atomic E-state index is -1.07. The van der Waals surface area contributed by atoms with Gasteiger partial charge in [-0.3, -0.25) is 24.0 Å². The van der Waals surface area contributed by atoms with Crippen LogP contribution in [0.5, 0.6) is 5.75 Å². The van der Waals surface area contributed by atoms with Crippen LogP contribution >= 0.6 is 0 Å². The zero-order valence-electron chi connectivity index (χ0n) is 24.9. The van der Waals surface area contributed by atoms with Gasteiger partial charge in [0.05, 0.1) is 18.6 Å².